The number of nitrogens with zero attached hydrogens (tertiary/aromatic N) is 4. The molecular weight excluding hydrogens is 454 g/mol. The quantitative estimate of drug-likeness (QED) is 0.273. The molecule has 0 saturated heterocycles. The lowest BCUT2D eigenvalue weighted by atomic mass is 9.89. The van der Waals surface area contributed by atoms with Gasteiger partial charge >= 0.3 is 0 Å². The lowest BCUT2D eigenvalue weighted by Gasteiger charge is -2.37. The standard InChI is InChI=1S/C29H46ClN5/c1-4-6-8-17-35(18-9-7-5-2)24-14-12-23(13-15-24)32-29-31-21-26(30)28(33-29)25-16-19-34(3)27(25)20-22-10-11-22/h16,19,21-24H,4-15,17-18,20H2,1-3H3,(H,31,32,33). The number of aromatic nitrogens is 3. The van der Waals surface area contributed by atoms with Gasteiger partial charge in [-0.3, -0.25) is 0 Å². The summed E-state index contributed by atoms with van der Waals surface area (Å²) >= 11 is 6.60. The fraction of sp³-hybridized carbons (Fsp3) is 0.724. The number of hydrogen-bond donors (Lipinski definition) is 1. The maximum atomic E-state index is 6.60. The zero-order valence-corrected chi connectivity index (χ0v) is 23.0. The monoisotopic (exact) mass is 499 g/mol. The summed E-state index contributed by atoms with van der Waals surface area (Å²) in [4.78, 5) is 12.3. The van der Waals surface area contributed by atoms with Crippen molar-refractivity contribution < 1.29 is 0 Å². The van der Waals surface area contributed by atoms with E-state index in [4.69, 9.17) is 16.6 Å². The van der Waals surface area contributed by atoms with E-state index in [1.54, 1.807) is 6.20 Å². The van der Waals surface area contributed by atoms with Crippen LogP contribution < -0.4 is 5.32 Å². The van der Waals surface area contributed by atoms with Crippen LogP contribution in [0, 0.1) is 5.92 Å². The maximum Gasteiger partial charge on any atom is 0.223 e. The van der Waals surface area contributed by atoms with Gasteiger partial charge in [-0.05, 0) is 82.9 Å². The number of nitrogens with one attached hydrogen (secondary N) is 1. The lowest BCUT2D eigenvalue weighted by molar-refractivity contribution is 0.146. The molecule has 4 rings (SSSR count). The highest BCUT2D eigenvalue weighted by Crippen LogP contribution is 2.37. The van der Waals surface area contributed by atoms with Gasteiger partial charge < -0.3 is 14.8 Å². The summed E-state index contributed by atoms with van der Waals surface area (Å²) in [6.45, 7) is 7.14. The number of anilines is 1. The molecule has 0 amide bonds. The number of rotatable bonds is 14. The van der Waals surface area contributed by atoms with Gasteiger partial charge in [-0.25, -0.2) is 9.97 Å². The first-order valence-electron chi connectivity index (χ1n) is 14.3. The summed E-state index contributed by atoms with van der Waals surface area (Å²) in [5.74, 6) is 1.54. The summed E-state index contributed by atoms with van der Waals surface area (Å²) in [6, 6.07) is 3.33. The zero-order chi connectivity index (χ0) is 24.6. The van der Waals surface area contributed by atoms with E-state index in [9.17, 15) is 0 Å². The van der Waals surface area contributed by atoms with Gasteiger partial charge in [0.05, 0.1) is 16.9 Å². The van der Waals surface area contributed by atoms with E-state index in [2.05, 4.69) is 52.9 Å². The van der Waals surface area contributed by atoms with E-state index in [0.29, 0.717) is 11.1 Å². The van der Waals surface area contributed by atoms with E-state index in [1.165, 1.54) is 95.8 Å². The molecule has 6 heteroatoms. The Morgan fingerprint density at radius 1 is 1.00 bits per heavy atom. The average molecular weight is 500 g/mol. The van der Waals surface area contributed by atoms with Crippen LogP contribution in [-0.2, 0) is 13.5 Å². The molecule has 194 valence electrons. The van der Waals surface area contributed by atoms with E-state index < -0.39 is 0 Å². The third kappa shape index (κ3) is 7.45. The highest BCUT2D eigenvalue weighted by molar-refractivity contribution is 6.33. The lowest BCUT2D eigenvalue weighted by Crippen LogP contribution is -2.41. The van der Waals surface area contributed by atoms with Crippen molar-refractivity contribution in [1.82, 2.24) is 19.4 Å². The second-order valence-corrected chi connectivity index (χ2v) is 11.3. The van der Waals surface area contributed by atoms with Gasteiger partial charge in [0, 0.05) is 36.6 Å². The average Bonchev–Trinajstić information content (AvgIpc) is 3.62. The molecule has 2 aromatic rings. The van der Waals surface area contributed by atoms with Crippen LogP contribution in [0.25, 0.3) is 11.3 Å². The second-order valence-electron chi connectivity index (χ2n) is 10.9. The largest absolute Gasteiger partial charge is 0.354 e. The minimum atomic E-state index is 0.440. The Morgan fingerprint density at radius 2 is 1.69 bits per heavy atom. The van der Waals surface area contributed by atoms with Crippen molar-refractivity contribution in [2.24, 2.45) is 13.0 Å². The Hall–Kier alpha value is -1.59. The Balaban J connectivity index is 1.36. The number of halogens is 1. The summed E-state index contributed by atoms with van der Waals surface area (Å²) in [7, 11) is 2.13. The van der Waals surface area contributed by atoms with E-state index in [1.807, 2.05) is 0 Å². The molecule has 0 atom stereocenters. The van der Waals surface area contributed by atoms with Gasteiger partial charge in [-0.2, -0.15) is 0 Å². The van der Waals surface area contributed by atoms with Gasteiger partial charge in [0.25, 0.3) is 0 Å². The molecule has 2 saturated carbocycles. The van der Waals surface area contributed by atoms with Crippen molar-refractivity contribution in [3.8, 4) is 11.3 Å². The zero-order valence-electron chi connectivity index (χ0n) is 22.2. The topological polar surface area (TPSA) is 46.0 Å². The van der Waals surface area contributed by atoms with E-state index in [0.717, 1.165) is 35.6 Å². The van der Waals surface area contributed by atoms with Gasteiger partial charge in [0.1, 0.15) is 0 Å². The summed E-state index contributed by atoms with van der Waals surface area (Å²) < 4.78 is 2.23. The second kappa shape index (κ2) is 13.1. The molecule has 2 aliphatic rings. The molecule has 35 heavy (non-hydrogen) atoms. The Morgan fingerprint density at radius 3 is 2.31 bits per heavy atom. The van der Waals surface area contributed by atoms with Crippen molar-refractivity contribution in [2.75, 3.05) is 18.4 Å². The smallest absolute Gasteiger partial charge is 0.223 e. The molecule has 2 fully saturated rings. The predicted molar refractivity (Wildman–Crippen MR) is 148 cm³/mol. The van der Waals surface area contributed by atoms with Crippen LogP contribution in [0.1, 0.15) is 96.6 Å². The summed E-state index contributed by atoms with van der Waals surface area (Å²) in [6.07, 6.45) is 20.6. The first-order valence-corrected chi connectivity index (χ1v) is 14.6. The summed E-state index contributed by atoms with van der Waals surface area (Å²) in [5.41, 5.74) is 3.37. The molecule has 0 aromatic carbocycles. The molecule has 0 bridgehead atoms. The third-order valence-corrected chi connectivity index (χ3v) is 8.30. The van der Waals surface area contributed by atoms with E-state index in [-0.39, 0.29) is 0 Å². The van der Waals surface area contributed by atoms with Crippen LogP contribution in [-0.4, -0.2) is 44.6 Å². The van der Waals surface area contributed by atoms with Crippen LogP contribution in [0.3, 0.4) is 0 Å². The SMILES string of the molecule is CCCCCN(CCCCC)C1CCC(Nc2ncc(Cl)c(-c3ccn(C)c3CC3CC3)n2)CC1. The normalized spacial score (nSPS) is 20.5. The van der Waals surface area contributed by atoms with Gasteiger partial charge in [-0.15, -0.1) is 0 Å². The minimum Gasteiger partial charge on any atom is -0.354 e. The van der Waals surface area contributed by atoms with Gasteiger partial charge in [-0.1, -0.05) is 51.1 Å². The van der Waals surface area contributed by atoms with Crippen LogP contribution in [0.4, 0.5) is 5.95 Å². The fourth-order valence-corrected chi connectivity index (χ4v) is 5.82. The molecule has 2 aliphatic carbocycles. The molecule has 0 spiro atoms. The Kier molecular flexibility index (Phi) is 9.91. The van der Waals surface area contributed by atoms with Crippen LogP contribution >= 0.6 is 11.6 Å². The molecule has 0 radical (unpaired) electrons. The van der Waals surface area contributed by atoms with Crippen LogP contribution in [0.15, 0.2) is 18.5 Å². The van der Waals surface area contributed by atoms with Crippen LogP contribution in [0.5, 0.6) is 0 Å². The fourth-order valence-electron chi connectivity index (χ4n) is 5.63. The van der Waals surface area contributed by atoms with E-state index >= 15 is 0 Å². The predicted octanol–water partition coefficient (Wildman–Crippen LogP) is 7.49. The first kappa shape index (κ1) is 26.5. The summed E-state index contributed by atoms with van der Waals surface area (Å²) in [5, 5.41) is 4.29. The van der Waals surface area contributed by atoms with Crippen molar-refractivity contribution in [3.05, 3.63) is 29.2 Å². The highest BCUT2D eigenvalue weighted by Gasteiger charge is 2.27. The number of unbranched alkanes of at least 4 members (excludes halogenated alkanes) is 4. The molecule has 0 unspecified atom stereocenters. The molecule has 2 heterocycles. The molecule has 5 nitrogen and oxygen atoms in total. The van der Waals surface area contributed by atoms with Crippen molar-refractivity contribution in [1.29, 1.82) is 0 Å². The maximum absolute atomic E-state index is 6.60. The van der Waals surface area contributed by atoms with Gasteiger partial charge in [0.15, 0.2) is 0 Å². The van der Waals surface area contributed by atoms with Crippen molar-refractivity contribution in [3.63, 3.8) is 0 Å². The number of aryl methyl sites for hydroxylation is 1. The van der Waals surface area contributed by atoms with Crippen LogP contribution in [0.2, 0.25) is 5.02 Å². The first-order chi connectivity index (χ1) is 17.1. The van der Waals surface area contributed by atoms with Crippen molar-refractivity contribution in [2.45, 2.75) is 109 Å². The minimum absolute atomic E-state index is 0.440. The Labute approximate surface area is 218 Å². The third-order valence-electron chi connectivity index (χ3n) is 8.02. The highest BCUT2D eigenvalue weighted by atomic mass is 35.5. The molecule has 2 aromatic heterocycles. The van der Waals surface area contributed by atoms with Gasteiger partial charge in [0.2, 0.25) is 5.95 Å². The molecule has 0 aliphatic heterocycles. The molecule has 1 N–H and O–H groups in total. The van der Waals surface area contributed by atoms with Crippen molar-refractivity contribution >= 4 is 17.5 Å². The molecular formula is C29H46ClN5. The Bertz CT molecular complexity index is 904. The number of hydrogen-bond acceptors (Lipinski definition) is 4.